The van der Waals surface area contributed by atoms with E-state index in [1.165, 1.54) is 4.90 Å². The smallest absolute Gasteiger partial charge is 0.248 e. The van der Waals surface area contributed by atoms with Crippen LogP contribution in [-0.2, 0) is 26.1 Å². The second kappa shape index (κ2) is 10.6. The Hall–Kier alpha value is -2.59. The summed E-state index contributed by atoms with van der Waals surface area (Å²) in [7, 11) is -1.12. The lowest BCUT2D eigenvalue weighted by Crippen LogP contribution is -2.50. The predicted molar refractivity (Wildman–Crippen MR) is 133 cm³/mol. The van der Waals surface area contributed by atoms with Crippen LogP contribution in [0.25, 0.3) is 0 Å². The van der Waals surface area contributed by atoms with Crippen molar-refractivity contribution in [1.82, 2.24) is 25.2 Å². The van der Waals surface area contributed by atoms with E-state index < -0.39 is 34.4 Å². The highest BCUT2D eigenvalue weighted by molar-refractivity contribution is 7.84. The number of nitrogens with one attached hydrogen (secondary N) is 1. The largest absolute Gasteiger partial charge is 0.391 e. The summed E-state index contributed by atoms with van der Waals surface area (Å²) < 4.78 is 14.0. The van der Waals surface area contributed by atoms with Gasteiger partial charge in [0.1, 0.15) is 12.1 Å². The number of β-amino-alcohol motifs (C(OH)–C–C–N with tert-alkyl or cyclic N) is 1. The summed E-state index contributed by atoms with van der Waals surface area (Å²) in [5, 5.41) is 21.7. The van der Waals surface area contributed by atoms with Gasteiger partial charge in [-0.05, 0) is 23.8 Å². The average Bonchev–Trinajstić information content (AvgIpc) is 3.40. The number of rotatable bonds is 9. The SMILES string of the molecule is CC(C)(C)[C@@H](C(=O)N1CC(O)CC1C(=O)NCCS(=O)Cc1ccccc1)n1cc(C2CC2)nn1. The third-order valence-corrected chi connectivity index (χ3v) is 7.82. The molecule has 2 heterocycles. The Balaban J connectivity index is 1.39. The predicted octanol–water partition coefficient (Wildman–Crippen LogP) is 1.77. The highest BCUT2D eigenvalue weighted by Crippen LogP contribution is 2.40. The summed E-state index contributed by atoms with van der Waals surface area (Å²) in [4.78, 5) is 28.2. The Morgan fingerprint density at radius 2 is 1.94 bits per heavy atom. The summed E-state index contributed by atoms with van der Waals surface area (Å²) in [5.41, 5.74) is 1.40. The van der Waals surface area contributed by atoms with Gasteiger partial charge in [-0.2, -0.15) is 0 Å². The number of likely N-dealkylation sites (tertiary alicyclic amines) is 1. The van der Waals surface area contributed by atoms with E-state index in [9.17, 15) is 18.9 Å². The maximum Gasteiger partial charge on any atom is 0.248 e. The molecule has 0 radical (unpaired) electrons. The first-order valence-corrected chi connectivity index (χ1v) is 13.7. The summed E-state index contributed by atoms with van der Waals surface area (Å²) >= 11 is 0. The molecule has 0 bridgehead atoms. The van der Waals surface area contributed by atoms with E-state index in [0.29, 0.717) is 17.4 Å². The number of carbonyl (C=O) groups excluding carboxylic acids is 2. The summed E-state index contributed by atoms with van der Waals surface area (Å²) in [5.74, 6) is 0.569. The number of aliphatic hydroxyl groups is 1. The van der Waals surface area contributed by atoms with E-state index in [-0.39, 0.29) is 31.3 Å². The van der Waals surface area contributed by atoms with Crippen molar-refractivity contribution >= 4 is 22.6 Å². The summed E-state index contributed by atoms with van der Waals surface area (Å²) in [6.45, 7) is 6.20. The first-order valence-electron chi connectivity index (χ1n) is 12.2. The Kier molecular flexibility index (Phi) is 7.70. The van der Waals surface area contributed by atoms with Crippen LogP contribution in [0.15, 0.2) is 36.5 Å². The molecular weight excluding hydrogens is 466 g/mol. The van der Waals surface area contributed by atoms with Gasteiger partial charge in [0.05, 0.1) is 11.8 Å². The van der Waals surface area contributed by atoms with Crippen LogP contribution < -0.4 is 5.32 Å². The molecule has 2 aromatic rings. The average molecular weight is 502 g/mol. The molecule has 1 aliphatic carbocycles. The zero-order chi connectivity index (χ0) is 25.2. The lowest BCUT2D eigenvalue weighted by Gasteiger charge is -2.34. The second-order valence-corrected chi connectivity index (χ2v) is 12.2. The van der Waals surface area contributed by atoms with Gasteiger partial charge in [-0.1, -0.05) is 56.3 Å². The first kappa shape index (κ1) is 25.5. The van der Waals surface area contributed by atoms with Crippen molar-refractivity contribution in [1.29, 1.82) is 0 Å². The van der Waals surface area contributed by atoms with E-state index in [0.717, 1.165) is 24.1 Å². The lowest BCUT2D eigenvalue weighted by atomic mass is 9.85. The molecule has 1 saturated heterocycles. The van der Waals surface area contributed by atoms with Gasteiger partial charge < -0.3 is 15.3 Å². The fourth-order valence-electron chi connectivity index (χ4n) is 4.56. The Morgan fingerprint density at radius 3 is 2.60 bits per heavy atom. The second-order valence-electron chi connectivity index (χ2n) is 10.6. The van der Waals surface area contributed by atoms with Gasteiger partial charge in [0, 0.05) is 53.9 Å². The van der Waals surface area contributed by atoms with Crippen LogP contribution in [0.5, 0.6) is 0 Å². The van der Waals surface area contributed by atoms with Crippen molar-refractivity contribution in [3.05, 3.63) is 47.8 Å². The number of carbonyl (C=O) groups is 2. The van der Waals surface area contributed by atoms with Crippen molar-refractivity contribution in [2.75, 3.05) is 18.8 Å². The van der Waals surface area contributed by atoms with Gasteiger partial charge in [0.15, 0.2) is 0 Å². The van der Waals surface area contributed by atoms with Crippen LogP contribution in [0, 0.1) is 5.41 Å². The molecule has 9 nitrogen and oxygen atoms in total. The highest BCUT2D eigenvalue weighted by atomic mass is 32.2. The molecule has 1 aromatic carbocycles. The topological polar surface area (TPSA) is 117 Å². The van der Waals surface area contributed by atoms with E-state index in [1.54, 1.807) is 4.68 Å². The standard InChI is InChI=1S/C25H35N5O4S/c1-25(2,3)22(30-15-20(27-28-30)18-9-10-18)24(33)29-14-19(31)13-21(29)23(32)26-11-12-35(34)16-17-7-5-4-6-8-17/h4-8,15,18-19,21-22,31H,9-14,16H2,1-3H3,(H,26,32)/t19?,21?,22-,35?/m1/s1. The number of hydrogen-bond donors (Lipinski definition) is 2. The quantitative estimate of drug-likeness (QED) is 0.541. The molecule has 4 rings (SSSR count). The molecule has 1 aliphatic heterocycles. The van der Waals surface area contributed by atoms with E-state index in [4.69, 9.17) is 0 Å². The van der Waals surface area contributed by atoms with Gasteiger partial charge >= 0.3 is 0 Å². The monoisotopic (exact) mass is 501 g/mol. The molecule has 0 spiro atoms. The van der Waals surface area contributed by atoms with E-state index >= 15 is 0 Å². The van der Waals surface area contributed by atoms with Crippen LogP contribution in [0.3, 0.4) is 0 Å². The van der Waals surface area contributed by atoms with Crippen LogP contribution in [-0.4, -0.2) is 72.0 Å². The zero-order valence-electron chi connectivity index (χ0n) is 20.6. The van der Waals surface area contributed by atoms with Crippen molar-refractivity contribution in [3.63, 3.8) is 0 Å². The number of nitrogens with zero attached hydrogens (tertiary/aromatic N) is 4. The van der Waals surface area contributed by atoms with Gasteiger partial charge in [-0.15, -0.1) is 5.10 Å². The molecule has 2 aliphatic rings. The minimum atomic E-state index is -1.12. The van der Waals surface area contributed by atoms with Crippen molar-refractivity contribution in [3.8, 4) is 0 Å². The zero-order valence-corrected chi connectivity index (χ0v) is 21.4. The first-order chi connectivity index (χ1) is 16.6. The molecule has 190 valence electrons. The molecule has 1 saturated carbocycles. The van der Waals surface area contributed by atoms with Crippen molar-refractivity contribution in [2.24, 2.45) is 5.41 Å². The third kappa shape index (κ3) is 6.35. The molecule has 2 amide bonds. The fraction of sp³-hybridized carbons (Fsp3) is 0.600. The van der Waals surface area contributed by atoms with E-state index in [2.05, 4.69) is 15.6 Å². The molecule has 2 fully saturated rings. The van der Waals surface area contributed by atoms with E-state index in [1.807, 2.05) is 57.3 Å². The summed E-state index contributed by atoms with van der Waals surface area (Å²) in [6.07, 6.45) is 3.41. The highest BCUT2D eigenvalue weighted by Gasteiger charge is 2.45. The molecule has 3 unspecified atom stereocenters. The minimum absolute atomic E-state index is 0.0909. The van der Waals surface area contributed by atoms with Crippen LogP contribution in [0.2, 0.25) is 0 Å². The van der Waals surface area contributed by atoms with Crippen molar-refractivity contribution in [2.45, 2.75) is 69.9 Å². The minimum Gasteiger partial charge on any atom is -0.391 e. The number of benzene rings is 1. The maximum absolute atomic E-state index is 13.7. The van der Waals surface area contributed by atoms with Crippen LogP contribution >= 0.6 is 0 Å². The number of hydrogen-bond acceptors (Lipinski definition) is 6. The molecular formula is C25H35N5O4S. The van der Waals surface area contributed by atoms with Gasteiger partial charge in [-0.25, -0.2) is 4.68 Å². The van der Waals surface area contributed by atoms with Crippen LogP contribution in [0.4, 0.5) is 0 Å². The molecule has 35 heavy (non-hydrogen) atoms. The number of amides is 2. The Bertz CT molecular complexity index is 1060. The number of aromatic nitrogens is 3. The Labute approximate surface area is 208 Å². The third-order valence-electron chi connectivity index (χ3n) is 6.51. The van der Waals surface area contributed by atoms with Gasteiger partial charge in [0.25, 0.3) is 0 Å². The Morgan fingerprint density at radius 1 is 1.23 bits per heavy atom. The number of aliphatic hydroxyl groups excluding tert-OH is 1. The molecule has 2 N–H and O–H groups in total. The molecule has 1 aromatic heterocycles. The molecule has 10 heteroatoms. The van der Waals surface area contributed by atoms with Crippen molar-refractivity contribution < 1.29 is 18.9 Å². The molecule has 4 atom stereocenters. The normalized spacial score (nSPS) is 22.1. The lowest BCUT2D eigenvalue weighted by molar-refractivity contribution is -0.144. The fourth-order valence-corrected chi connectivity index (χ4v) is 5.60. The van der Waals surface area contributed by atoms with Gasteiger partial charge in [-0.3, -0.25) is 13.8 Å². The summed E-state index contributed by atoms with van der Waals surface area (Å²) in [6, 6.07) is 8.14. The van der Waals surface area contributed by atoms with Crippen LogP contribution in [0.1, 0.15) is 63.3 Å². The van der Waals surface area contributed by atoms with Gasteiger partial charge in [0.2, 0.25) is 11.8 Å². The maximum atomic E-state index is 13.7.